The van der Waals surface area contributed by atoms with Crippen molar-refractivity contribution in [2.75, 3.05) is 0 Å². The van der Waals surface area contributed by atoms with E-state index < -0.39 is 18.0 Å². The Labute approximate surface area is 43.7 Å². The topological polar surface area (TPSA) is 68.3 Å². The molecule has 0 bridgehead atoms. The summed E-state index contributed by atoms with van der Waals surface area (Å²) in [5.41, 5.74) is 0. The molecule has 2 aliphatic heterocycles. The minimum Gasteiger partial charge on any atom is -0.410 e. The number of aliphatic hydroxyl groups is 1. The fourth-order valence-electron chi connectivity index (χ4n) is 0.493. The summed E-state index contributed by atoms with van der Waals surface area (Å²) in [7, 11) is 0. The van der Waals surface area contributed by atoms with E-state index in [0.717, 1.165) is 0 Å². The van der Waals surface area contributed by atoms with E-state index in [1.54, 1.807) is 0 Å². The minimum absolute atomic E-state index is 0.573. The average molecular weight is 118 g/mol. The van der Waals surface area contributed by atoms with Crippen LogP contribution in [0.25, 0.3) is 0 Å². The maximum absolute atomic E-state index is 10.1. The Hall–Kier alpha value is -0.650. The molecule has 2 aliphatic rings. The Morgan fingerprint density at radius 3 is 2.38 bits per heavy atom. The minimum atomic E-state index is -1.42. The molecule has 8 heavy (non-hydrogen) atoms. The van der Waals surface area contributed by atoms with Crippen LogP contribution in [0.15, 0.2) is 0 Å². The van der Waals surface area contributed by atoms with Crippen molar-refractivity contribution in [1.29, 1.82) is 0 Å². The average Bonchev–Trinajstić information content (AvgIpc) is 2.40. The summed E-state index contributed by atoms with van der Waals surface area (Å²) in [5, 5.41) is 8.52. The number of aliphatic hydroxyl groups excluding tert-OH is 1. The molecule has 5 nitrogen and oxygen atoms in total. The highest BCUT2D eigenvalue weighted by Gasteiger charge is 2.75. The number of ether oxygens (including phenoxy) is 1. The predicted molar refractivity (Wildman–Crippen MR) is 17.0 cm³/mol. The van der Waals surface area contributed by atoms with Gasteiger partial charge in [-0.2, -0.15) is 9.78 Å². The van der Waals surface area contributed by atoms with Crippen molar-refractivity contribution >= 4 is 5.97 Å². The SMILES string of the molecule is O=C1OC12OOC2O. The quantitative estimate of drug-likeness (QED) is 0.310. The molecule has 2 unspecified atom stereocenters. The van der Waals surface area contributed by atoms with Crippen LogP contribution in [-0.4, -0.2) is 23.2 Å². The summed E-state index contributed by atoms with van der Waals surface area (Å²) < 4.78 is 4.22. The third kappa shape index (κ3) is 0.244. The van der Waals surface area contributed by atoms with E-state index in [1.165, 1.54) is 0 Å². The molecule has 5 heteroatoms. The van der Waals surface area contributed by atoms with Gasteiger partial charge >= 0.3 is 11.8 Å². The van der Waals surface area contributed by atoms with Gasteiger partial charge in [0.25, 0.3) is 6.29 Å². The van der Waals surface area contributed by atoms with Gasteiger partial charge in [-0.1, -0.05) is 0 Å². The first kappa shape index (κ1) is 4.25. The van der Waals surface area contributed by atoms with Crippen LogP contribution >= 0.6 is 0 Å². The highest BCUT2D eigenvalue weighted by molar-refractivity contribution is 5.92. The zero-order chi connectivity index (χ0) is 5.78. The molecule has 0 aliphatic carbocycles. The van der Waals surface area contributed by atoms with Crippen LogP contribution in [0.4, 0.5) is 0 Å². The van der Waals surface area contributed by atoms with Crippen LogP contribution < -0.4 is 0 Å². The number of epoxide rings is 1. The van der Waals surface area contributed by atoms with E-state index in [4.69, 9.17) is 5.11 Å². The van der Waals surface area contributed by atoms with Gasteiger partial charge in [0.15, 0.2) is 0 Å². The first-order chi connectivity index (χ1) is 3.76. The Morgan fingerprint density at radius 2 is 2.38 bits per heavy atom. The Morgan fingerprint density at radius 1 is 1.75 bits per heavy atom. The molecule has 2 heterocycles. The number of hydrogen-bond donors (Lipinski definition) is 1. The first-order valence-corrected chi connectivity index (χ1v) is 2.02. The number of rotatable bonds is 0. The largest absolute Gasteiger partial charge is 0.410 e. The fraction of sp³-hybridized carbons (Fsp3) is 0.667. The first-order valence-electron chi connectivity index (χ1n) is 2.02. The maximum Gasteiger partial charge on any atom is 0.394 e. The molecule has 0 aromatic carbocycles. The zero-order valence-electron chi connectivity index (χ0n) is 3.66. The molecule has 1 N–H and O–H groups in total. The summed E-state index contributed by atoms with van der Waals surface area (Å²) in [6, 6.07) is 0. The van der Waals surface area contributed by atoms with Crippen molar-refractivity contribution in [2.24, 2.45) is 0 Å². The summed E-state index contributed by atoms with van der Waals surface area (Å²) in [6.45, 7) is 0. The summed E-state index contributed by atoms with van der Waals surface area (Å²) >= 11 is 0. The van der Waals surface area contributed by atoms with Gasteiger partial charge in [0.1, 0.15) is 0 Å². The second-order valence-corrected chi connectivity index (χ2v) is 1.59. The lowest BCUT2D eigenvalue weighted by atomic mass is 10.3. The highest BCUT2D eigenvalue weighted by Crippen LogP contribution is 2.42. The molecule has 0 aromatic rings. The molecular formula is C3H2O5. The molecule has 0 amide bonds. The van der Waals surface area contributed by atoms with E-state index in [1.807, 2.05) is 0 Å². The smallest absolute Gasteiger partial charge is 0.394 e. The molecule has 0 radical (unpaired) electrons. The van der Waals surface area contributed by atoms with Gasteiger partial charge in [0.05, 0.1) is 0 Å². The summed E-state index contributed by atoms with van der Waals surface area (Å²) in [4.78, 5) is 18.2. The Kier molecular flexibility index (Phi) is 0.469. The molecule has 0 aromatic heterocycles. The van der Waals surface area contributed by atoms with Gasteiger partial charge in [-0.3, -0.25) is 0 Å². The summed E-state index contributed by atoms with van der Waals surface area (Å²) in [5.74, 6) is -1.99. The van der Waals surface area contributed by atoms with Crippen molar-refractivity contribution in [3.05, 3.63) is 0 Å². The monoisotopic (exact) mass is 118 g/mol. The van der Waals surface area contributed by atoms with E-state index >= 15 is 0 Å². The van der Waals surface area contributed by atoms with Gasteiger partial charge < -0.3 is 9.84 Å². The molecular weight excluding hydrogens is 116 g/mol. The molecule has 2 saturated heterocycles. The number of hydrogen-bond acceptors (Lipinski definition) is 5. The van der Waals surface area contributed by atoms with Gasteiger partial charge in [0, 0.05) is 0 Å². The zero-order valence-corrected chi connectivity index (χ0v) is 3.66. The second kappa shape index (κ2) is 0.883. The van der Waals surface area contributed by atoms with Crippen molar-refractivity contribution in [3.63, 3.8) is 0 Å². The van der Waals surface area contributed by atoms with Crippen LogP contribution in [0.1, 0.15) is 0 Å². The Balaban J connectivity index is 2.18. The molecule has 2 atom stereocenters. The lowest BCUT2D eigenvalue weighted by molar-refractivity contribution is -0.545. The lowest BCUT2D eigenvalue weighted by Crippen LogP contribution is -2.47. The van der Waals surface area contributed by atoms with E-state index in [9.17, 15) is 4.79 Å². The van der Waals surface area contributed by atoms with E-state index in [2.05, 4.69) is 14.5 Å². The van der Waals surface area contributed by atoms with Crippen molar-refractivity contribution in [1.82, 2.24) is 0 Å². The maximum atomic E-state index is 10.1. The third-order valence-corrected chi connectivity index (χ3v) is 1.08. The standard InChI is InChI=1S/C3H2O5/c4-1-3(6-1)2(5)7-8-3/h2,5H. The molecule has 1 spiro atoms. The number of carbonyl (C=O) groups is 1. The van der Waals surface area contributed by atoms with Crippen molar-refractivity contribution in [3.8, 4) is 0 Å². The number of carbonyl (C=O) groups excluding carboxylic acids is 1. The molecule has 44 valence electrons. The molecule has 2 rings (SSSR count). The third-order valence-electron chi connectivity index (χ3n) is 1.08. The normalized spacial score (nSPS) is 50.6. The fourth-order valence-corrected chi connectivity index (χ4v) is 0.493. The van der Waals surface area contributed by atoms with Gasteiger partial charge in [0.2, 0.25) is 0 Å². The second-order valence-electron chi connectivity index (χ2n) is 1.59. The van der Waals surface area contributed by atoms with E-state index in [-0.39, 0.29) is 0 Å². The molecule has 2 fully saturated rings. The van der Waals surface area contributed by atoms with Crippen LogP contribution in [0.2, 0.25) is 0 Å². The van der Waals surface area contributed by atoms with E-state index in [0.29, 0.717) is 0 Å². The van der Waals surface area contributed by atoms with Crippen LogP contribution in [0, 0.1) is 0 Å². The van der Waals surface area contributed by atoms with Crippen LogP contribution in [0.3, 0.4) is 0 Å². The highest BCUT2D eigenvalue weighted by atomic mass is 17.3. The molecule has 0 saturated carbocycles. The van der Waals surface area contributed by atoms with Gasteiger partial charge in [-0.25, -0.2) is 4.79 Å². The Bertz CT molecular complexity index is 154. The van der Waals surface area contributed by atoms with Crippen molar-refractivity contribution < 1.29 is 24.4 Å². The van der Waals surface area contributed by atoms with Gasteiger partial charge in [-0.05, 0) is 0 Å². The summed E-state index contributed by atoms with van der Waals surface area (Å²) in [6.07, 6.45) is -1.23. The lowest BCUT2D eigenvalue weighted by Gasteiger charge is -2.22. The van der Waals surface area contributed by atoms with Gasteiger partial charge in [-0.15, -0.1) is 0 Å². The predicted octanol–water partition coefficient (Wildman–Crippen LogP) is -1.48. The van der Waals surface area contributed by atoms with Crippen LogP contribution in [0.5, 0.6) is 0 Å². The van der Waals surface area contributed by atoms with Crippen molar-refractivity contribution in [2.45, 2.75) is 12.1 Å². The van der Waals surface area contributed by atoms with Crippen LogP contribution in [-0.2, 0) is 19.3 Å².